The maximum atomic E-state index is 4.55. The van der Waals surface area contributed by atoms with Gasteiger partial charge in [-0.2, -0.15) is 0 Å². The highest BCUT2D eigenvalue weighted by molar-refractivity contribution is 9.10. The first kappa shape index (κ1) is 14.5. The Labute approximate surface area is 131 Å². The second-order valence-electron chi connectivity index (χ2n) is 4.60. The number of rotatable bonds is 4. The molecule has 0 aliphatic heterocycles. The lowest BCUT2D eigenvalue weighted by molar-refractivity contribution is 0.888. The molecule has 0 atom stereocenters. The Hall–Kier alpha value is -0.870. The van der Waals surface area contributed by atoms with Crippen molar-refractivity contribution >= 4 is 37.7 Å². The van der Waals surface area contributed by atoms with E-state index in [4.69, 9.17) is 0 Å². The minimum absolute atomic E-state index is 0.845. The van der Waals surface area contributed by atoms with Crippen molar-refractivity contribution < 1.29 is 0 Å². The summed E-state index contributed by atoms with van der Waals surface area (Å²) in [6.07, 6.45) is 1.93. The molecule has 0 bridgehead atoms. The lowest BCUT2D eigenvalue weighted by Gasteiger charge is -2.20. The first-order chi connectivity index (χ1) is 9.10. The fourth-order valence-corrected chi connectivity index (χ4v) is 2.61. The molecule has 1 aromatic heterocycles. The summed E-state index contributed by atoms with van der Waals surface area (Å²) in [5.41, 5.74) is 3.69. The van der Waals surface area contributed by atoms with Crippen molar-refractivity contribution in [2.75, 3.05) is 11.9 Å². The van der Waals surface area contributed by atoms with Gasteiger partial charge in [0, 0.05) is 29.6 Å². The van der Waals surface area contributed by atoms with E-state index in [-0.39, 0.29) is 0 Å². The van der Waals surface area contributed by atoms with E-state index in [1.165, 1.54) is 16.7 Å². The molecule has 2 rings (SSSR count). The predicted octanol–water partition coefficient (Wildman–Crippen LogP) is 4.68. The largest absolute Gasteiger partial charge is 0.355 e. The van der Waals surface area contributed by atoms with Gasteiger partial charge < -0.3 is 4.90 Å². The first-order valence-corrected chi connectivity index (χ1v) is 7.98. The van der Waals surface area contributed by atoms with Crippen LogP contribution in [0.25, 0.3) is 0 Å². The fourth-order valence-electron chi connectivity index (χ4n) is 2.04. The van der Waals surface area contributed by atoms with Crippen LogP contribution >= 0.6 is 31.9 Å². The average Bonchev–Trinajstić information content (AvgIpc) is 2.41. The molecule has 0 saturated carbocycles. The molecule has 0 radical (unpaired) electrons. The van der Waals surface area contributed by atoms with Crippen LogP contribution in [0, 0.1) is 6.92 Å². The third kappa shape index (κ3) is 3.80. The average molecular weight is 384 g/mol. The quantitative estimate of drug-likeness (QED) is 0.712. The van der Waals surface area contributed by atoms with E-state index in [0.29, 0.717) is 0 Å². The van der Waals surface area contributed by atoms with E-state index < -0.39 is 0 Å². The highest BCUT2D eigenvalue weighted by Crippen LogP contribution is 2.20. The van der Waals surface area contributed by atoms with Crippen LogP contribution in [0.3, 0.4) is 0 Å². The van der Waals surface area contributed by atoms with Crippen LogP contribution in [0.1, 0.15) is 16.7 Å². The number of anilines is 1. The molecule has 19 heavy (non-hydrogen) atoms. The minimum atomic E-state index is 0.845. The zero-order valence-electron chi connectivity index (χ0n) is 11.0. The third-order valence-electron chi connectivity index (χ3n) is 2.96. The van der Waals surface area contributed by atoms with Crippen LogP contribution in [-0.4, -0.2) is 12.0 Å². The number of halogens is 2. The molecule has 0 amide bonds. The fraction of sp³-hybridized carbons (Fsp3) is 0.267. The van der Waals surface area contributed by atoms with Gasteiger partial charge in [0.05, 0.1) is 0 Å². The maximum absolute atomic E-state index is 4.55. The molecule has 0 N–H and O–H groups in total. The van der Waals surface area contributed by atoms with Gasteiger partial charge in [-0.25, -0.2) is 4.98 Å². The molecule has 100 valence electrons. The van der Waals surface area contributed by atoms with E-state index in [0.717, 1.165) is 22.2 Å². The van der Waals surface area contributed by atoms with E-state index in [1.54, 1.807) is 0 Å². The van der Waals surface area contributed by atoms with Crippen LogP contribution in [0.5, 0.6) is 0 Å². The van der Waals surface area contributed by atoms with Crippen LogP contribution in [0.4, 0.5) is 5.82 Å². The van der Waals surface area contributed by atoms with Gasteiger partial charge >= 0.3 is 0 Å². The molecule has 0 aliphatic carbocycles. The molecule has 1 aromatic carbocycles. The molecule has 0 spiro atoms. The predicted molar refractivity (Wildman–Crippen MR) is 87.9 cm³/mol. The van der Waals surface area contributed by atoms with Crippen LogP contribution in [0.15, 0.2) is 41.0 Å². The van der Waals surface area contributed by atoms with Crippen molar-refractivity contribution in [3.8, 4) is 0 Å². The molecule has 0 unspecified atom stereocenters. The van der Waals surface area contributed by atoms with Gasteiger partial charge in [0.25, 0.3) is 0 Å². The molecule has 0 fully saturated rings. The molecular formula is C15H16Br2N2. The Kier molecular flexibility index (Phi) is 4.99. The van der Waals surface area contributed by atoms with E-state index in [2.05, 4.69) is 86.0 Å². The maximum Gasteiger partial charge on any atom is 0.131 e. The molecule has 2 aromatic rings. The van der Waals surface area contributed by atoms with E-state index in [9.17, 15) is 0 Å². The molecule has 1 heterocycles. The number of hydrogen-bond donors (Lipinski definition) is 0. The zero-order chi connectivity index (χ0) is 13.8. The van der Waals surface area contributed by atoms with Gasteiger partial charge in [-0.05, 0) is 35.7 Å². The van der Waals surface area contributed by atoms with Crippen LogP contribution in [-0.2, 0) is 11.9 Å². The van der Waals surface area contributed by atoms with Crippen LogP contribution in [0.2, 0.25) is 0 Å². The monoisotopic (exact) mass is 382 g/mol. The van der Waals surface area contributed by atoms with E-state index >= 15 is 0 Å². The normalized spacial score (nSPS) is 10.5. The lowest BCUT2D eigenvalue weighted by atomic mass is 10.2. The number of alkyl halides is 1. The smallest absolute Gasteiger partial charge is 0.131 e. The number of pyridine rings is 1. The van der Waals surface area contributed by atoms with Gasteiger partial charge in [-0.3, -0.25) is 0 Å². The summed E-state index contributed by atoms with van der Waals surface area (Å²) < 4.78 is 1.11. The number of nitrogens with zero attached hydrogens (tertiary/aromatic N) is 2. The molecule has 0 saturated heterocycles. The van der Waals surface area contributed by atoms with Crippen molar-refractivity contribution in [1.82, 2.24) is 4.98 Å². The Balaban J connectivity index is 2.15. The second kappa shape index (κ2) is 6.53. The number of benzene rings is 1. The topological polar surface area (TPSA) is 16.1 Å². The number of aryl methyl sites for hydroxylation is 1. The van der Waals surface area contributed by atoms with Gasteiger partial charge in [0.1, 0.15) is 5.82 Å². The van der Waals surface area contributed by atoms with Crippen molar-refractivity contribution in [2.45, 2.75) is 18.8 Å². The van der Waals surface area contributed by atoms with Gasteiger partial charge in [-0.1, -0.05) is 50.1 Å². The second-order valence-corrected chi connectivity index (χ2v) is 6.08. The minimum Gasteiger partial charge on any atom is -0.355 e. The van der Waals surface area contributed by atoms with Gasteiger partial charge in [-0.15, -0.1) is 0 Å². The molecule has 0 aliphatic rings. The van der Waals surface area contributed by atoms with Crippen molar-refractivity contribution in [2.24, 2.45) is 0 Å². The highest BCUT2D eigenvalue weighted by atomic mass is 79.9. The molecule has 2 nitrogen and oxygen atoms in total. The van der Waals surface area contributed by atoms with Gasteiger partial charge in [0.2, 0.25) is 0 Å². The zero-order valence-corrected chi connectivity index (χ0v) is 14.2. The lowest BCUT2D eigenvalue weighted by Crippen LogP contribution is -2.18. The Morgan fingerprint density at radius 1 is 1.16 bits per heavy atom. The molecule has 4 heteroatoms. The summed E-state index contributed by atoms with van der Waals surface area (Å²) in [5, 5.41) is 0.845. The van der Waals surface area contributed by atoms with Gasteiger partial charge in [0.15, 0.2) is 0 Å². The first-order valence-electron chi connectivity index (χ1n) is 6.07. The highest BCUT2D eigenvalue weighted by Gasteiger charge is 2.07. The Morgan fingerprint density at radius 3 is 2.42 bits per heavy atom. The summed E-state index contributed by atoms with van der Waals surface area (Å²) in [6.45, 7) is 2.96. The van der Waals surface area contributed by atoms with Crippen molar-refractivity contribution in [3.63, 3.8) is 0 Å². The van der Waals surface area contributed by atoms with Crippen molar-refractivity contribution in [3.05, 3.63) is 57.7 Å². The van der Waals surface area contributed by atoms with Crippen molar-refractivity contribution in [1.29, 1.82) is 0 Å². The molecular weight excluding hydrogens is 368 g/mol. The third-order valence-corrected chi connectivity index (χ3v) is 4.13. The standard InChI is InChI=1S/C15H16Br2N2/c1-11-7-13(8-16)9-18-15(11)19(2)10-12-3-5-14(17)6-4-12/h3-7,9H,8,10H2,1-2H3. The summed E-state index contributed by atoms with van der Waals surface area (Å²) in [5.74, 6) is 1.03. The Bertz CT molecular complexity index is 553. The van der Waals surface area contributed by atoms with Crippen LogP contribution < -0.4 is 4.90 Å². The Morgan fingerprint density at radius 2 is 1.84 bits per heavy atom. The summed E-state index contributed by atoms with van der Waals surface area (Å²) in [4.78, 5) is 6.73. The number of hydrogen-bond acceptors (Lipinski definition) is 2. The number of aromatic nitrogens is 1. The summed E-state index contributed by atoms with van der Waals surface area (Å²) in [7, 11) is 2.07. The SMILES string of the molecule is Cc1cc(CBr)cnc1N(C)Cc1ccc(Br)cc1. The summed E-state index contributed by atoms with van der Waals surface area (Å²) >= 11 is 6.91. The summed E-state index contributed by atoms with van der Waals surface area (Å²) in [6, 6.07) is 10.6. The van der Waals surface area contributed by atoms with E-state index in [1.807, 2.05) is 6.20 Å².